The van der Waals surface area contributed by atoms with Gasteiger partial charge in [-0.2, -0.15) is 4.21 Å². The molecular weight excluding hydrogens is 208 g/mol. The third-order valence-corrected chi connectivity index (χ3v) is 2.19. The molecule has 0 saturated heterocycles. The smallest absolute Gasteiger partial charge is 0.201 e. The largest absolute Gasteiger partial charge is 0.335 e. The lowest BCUT2D eigenvalue weighted by atomic mass is 15.8. The summed E-state index contributed by atoms with van der Waals surface area (Å²) < 4.78 is 54.9. The highest BCUT2D eigenvalue weighted by molar-refractivity contribution is 7.90. The third-order valence-electron chi connectivity index (χ3n) is 0.243. The minimum Gasteiger partial charge on any atom is -0.201 e. The predicted molar refractivity (Wildman–Crippen MR) is 30.9 cm³/mol. The van der Waals surface area contributed by atoms with Gasteiger partial charge in [-0.05, 0) is 0 Å². The van der Waals surface area contributed by atoms with Crippen LogP contribution in [-0.4, -0.2) is 21.0 Å². The molecule has 0 aliphatic carbocycles. The molecule has 0 spiro atoms. The Morgan fingerprint density at radius 3 is 1.40 bits per heavy atom. The molecule has 0 aliphatic heterocycles. The van der Waals surface area contributed by atoms with Crippen molar-refractivity contribution in [1.29, 1.82) is 0 Å². The number of rotatable bonds is 4. The molecule has 0 unspecified atom stereocenters. The van der Waals surface area contributed by atoms with Gasteiger partial charge in [0.25, 0.3) is 22.0 Å². The van der Waals surface area contributed by atoms with E-state index in [2.05, 4.69) is 7.26 Å². The molecule has 0 aromatic rings. The first-order valence-corrected chi connectivity index (χ1v) is 4.79. The molecule has 10 heavy (non-hydrogen) atoms. The molecule has 0 amide bonds. The lowest BCUT2D eigenvalue weighted by molar-refractivity contribution is 0.456. The summed E-state index contributed by atoms with van der Waals surface area (Å²) in [7, 11) is -6.73. The van der Waals surface area contributed by atoms with Gasteiger partial charge in [-0.3, -0.25) is 0 Å². The minimum absolute atomic E-state index is 2.77. The maximum Gasteiger partial charge on any atom is 0.335 e. The van der Waals surface area contributed by atoms with E-state index < -0.39 is 33.3 Å². The SMILES string of the molecule is O=S(O[SH](=O)=O)O[SH](=O)=O. The van der Waals surface area contributed by atoms with Crippen molar-refractivity contribution in [3.8, 4) is 0 Å². The van der Waals surface area contributed by atoms with E-state index in [-0.39, 0.29) is 0 Å². The molecule has 0 heterocycles. The Balaban J connectivity index is 3.88. The topological polar surface area (TPSA) is 104 Å². The highest BCUT2D eigenvalue weighted by atomic mass is 32.3. The summed E-state index contributed by atoms with van der Waals surface area (Å²) >= 11 is -2.77. The number of hydrogen-bond acceptors (Lipinski definition) is 7. The van der Waals surface area contributed by atoms with Gasteiger partial charge < -0.3 is 0 Å². The van der Waals surface area contributed by atoms with Crippen LogP contribution in [0.2, 0.25) is 0 Å². The summed E-state index contributed by atoms with van der Waals surface area (Å²) in [6.07, 6.45) is 0. The average Bonchev–Trinajstić information content (AvgIpc) is 1.58. The summed E-state index contributed by atoms with van der Waals surface area (Å²) in [4.78, 5) is 0. The van der Waals surface area contributed by atoms with Crippen LogP contribution >= 0.6 is 0 Å². The summed E-state index contributed by atoms with van der Waals surface area (Å²) in [6, 6.07) is 0. The van der Waals surface area contributed by atoms with Crippen LogP contribution in [0.15, 0.2) is 0 Å². The van der Waals surface area contributed by atoms with Crippen molar-refractivity contribution >= 4 is 33.3 Å². The number of hydrogen-bond donors (Lipinski definition) is 2. The fourth-order valence-corrected chi connectivity index (χ4v) is 1.26. The summed E-state index contributed by atoms with van der Waals surface area (Å²) in [5.74, 6) is 0. The molecule has 0 fully saturated rings. The van der Waals surface area contributed by atoms with Gasteiger partial charge >= 0.3 is 11.4 Å². The van der Waals surface area contributed by atoms with Crippen LogP contribution in [0.5, 0.6) is 0 Å². The van der Waals surface area contributed by atoms with E-state index >= 15 is 0 Å². The third kappa shape index (κ3) is 6.10. The van der Waals surface area contributed by atoms with Crippen molar-refractivity contribution in [2.75, 3.05) is 0 Å². The molecule has 0 aliphatic rings. The van der Waals surface area contributed by atoms with Crippen LogP contribution < -0.4 is 0 Å². The standard InChI is InChI=1S/H2O7S3/c1-8(2)6-10(5)7-9(3)4/h8-9H. The Labute approximate surface area is 62.1 Å². The van der Waals surface area contributed by atoms with Gasteiger partial charge in [0.1, 0.15) is 0 Å². The molecule has 10 heteroatoms. The normalized spacial score (nSPS) is 11.5. The van der Waals surface area contributed by atoms with Crippen molar-refractivity contribution in [2.45, 2.75) is 0 Å². The highest BCUT2D eigenvalue weighted by Crippen LogP contribution is 1.87. The second kappa shape index (κ2) is 4.73. The molecule has 0 radical (unpaired) electrons. The van der Waals surface area contributed by atoms with Crippen molar-refractivity contribution in [1.82, 2.24) is 0 Å². The maximum absolute atomic E-state index is 9.96. The van der Waals surface area contributed by atoms with E-state index in [9.17, 15) is 21.0 Å². The zero-order valence-electron chi connectivity index (χ0n) is 4.16. The van der Waals surface area contributed by atoms with E-state index in [1.807, 2.05) is 0 Å². The lowest BCUT2D eigenvalue weighted by Gasteiger charge is -1.86. The Bertz CT molecular complexity index is 212. The van der Waals surface area contributed by atoms with E-state index in [1.54, 1.807) is 0 Å². The minimum atomic E-state index is -3.36. The first kappa shape index (κ1) is 9.97. The van der Waals surface area contributed by atoms with Gasteiger partial charge in [-0.15, -0.1) is 7.26 Å². The van der Waals surface area contributed by atoms with Gasteiger partial charge in [0.15, 0.2) is 0 Å². The molecule has 62 valence electrons. The fourth-order valence-electron chi connectivity index (χ4n) is 0.113. The maximum atomic E-state index is 9.96. The van der Waals surface area contributed by atoms with E-state index in [1.165, 1.54) is 0 Å². The van der Waals surface area contributed by atoms with Crippen molar-refractivity contribution < 1.29 is 28.3 Å². The molecule has 0 atom stereocenters. The molecular formula is H2O7S3. The quantitative estimate of drug-likeness (QED) is 0.501. The summed E-state index contributed by atoms with van der Waals surface area (Å²) in [5.41, 5.74) is 0. The van der Waals surface area contributed by atoms with Crippen LogP contribution in [0.4, 0.5) is 0 Å². The van der Waals surface area contributed by atoms with Gasteiger partial charge in [-0.1, -0.05) is 0 Å². The summed E-state index contributed by atoms with van der Waals surface area (Å²) in [6.45, 7) is 0. The van der Waals surface area contributed by atoms with E-state index in [0.29, 0.717) is 0 Å². The molecule has 0 rings (SSSR count). The second-order valence-corrected chi connectivity index (χ2v) is 3.30. The first-order chi connectivity index (χ1) is 4.52. The zero-order valence-corrected chi connectivity index (χ0v) is 6.77. The highest BCUT2D eigenvalue weighted by Gasteiger charge is 2.02. The fraction of sp³-hybridized carbons (Fsp3) is 0. The monoisotopic (exact) mass is 210 g/mol. The lowest BCUT2D eigenvalue weighted by Crippen LogP contribution is -1.98. The molecule has 7 nitrogen and oxygen atoms in total. The Kier molecular flexibility index (Phi) is 4.72. The van der Waals surface area contributed by atoms with Gasteiger partial charge in [0.05, 0.1) is 0 Å². The Morgan fingerprint density at radius 1 is 0.900 bits per heavy atom. The van der Waals surface area contributed by atoms with Crippen LogP contribution in [0.25, 0.3) is 0 Å². The number of thiol groups is 2. The molecule has 0 aromatic carbocycles. The Morgan fingerprint density at radius 2 is 1.20 bits per heavy atom. The molecule has 0 bridgehead atoms. The molecule has 0 aromatic heterocycles. The average molecular weight is 210 g/mol. The van der Waals surface area contributed by atoms with Gasteiger partial charge in [0.2, 0.25) is 0 Å². The van der Waals surface area contributed by atoms with Crippen molar-refractivity contribution in [3.05, 3.63) is 0 Å². The zero-order chi connectivity index (χ0) is 8.15. The van der Waals surface area contributed by atoms with E-state index in [0.717, 1.165) is 0 Å². The summed E-state index contributed by atoms with van der Waals surface area (Å²) in [5, 5.41) is 0. The van der Waals surface area contributed by atoms with Crippen LogP contribution in [0, 0.1) is 0 Å². The van der Waals surface area contributed by atoms with Crippen molar-refractivity contribution in [2.24, 2.45) is 0 Å². The van der Waals surface area contributed by atoms with Crippen LogP contribution in [0.3, 0.4) is 0 Å². The van der Waals surface area contributed by atoms with Gasteiger partial charge in [0, 0.05) is 0 Å². The second-order valence-electron chi connectivity index (χ2n) is 0.800. The molecule has 0 saturated carbocycles. The van der Waals surface area contributed by atoms with Crippen LogP contribution in [-0.2, 0) is 40.6 Å². The first-order valence-electron chi connectivity index (χ1n) is 1.60. The Hall–Kier alpha value is -0.0300. The predicted octanol–water partition coefficient (Wildman–Crippen LogP) is -2.35. The van der Waals surface area contributed by atoms with E-state index in [4.69, 9.17) is 0 Å². The van der Waals surface area contributed by atoms with Crippen molar-refractivity contribution in [3.63, 3.8) is 0 Å². The molecule has 0 N–H and O–H groups in total. The van der Waals surface area contributed by atoms with Crippen LogP contribution in [0.1, 0.15) is 0 Å². The van der Waals surface area contributed by atoms with Gasteiger partial charge in [-0.25, -0.2) is 16.8 Å².